The highest BCUT2D eigenvalue weighted by atomic mass is 32.2. The molecule has 0 aliphatic carbocycles. The summed E-state index contributed by atoms with van der Waals surface area (Å²) in [5.74, 6) is -0.0965. The van der Waals surface area contributed by atoms with Crippen LogP contribution in [0.1, 0.15) is 5.56 Å². The highest BCUT2D eigenvalue weighted by Gasteiger charge is 2.29. The fourth-order valence-corrected chi connectivity index (χ4v) is 6.22. The number of anilines is 2. The van der Waals surface area contributed by atoms with Gasteiger partial charge in [0.2, 0.25) is 5.91 Å². The number of carbonyl (C=O) groups excluding carboxylic acids is 2. The number of para-hydroxylation sites is 2. The largest absolute Gasteiger partial charge is 0.285 e. The number of hydrogen-bond acceptors (Lipinski definition) is 5. The Bertz CT molecular complexity index is 1190. The summed E-state index contributed by atoms with van der Waals surface area (Å²) in [6, 6.07) is 25.5. The summed E-state index contributed by atoms with van der Waals surface area (Å²) in [6.45, 7) is 0. The molecular weight excluding hydrogens is 444 g/mol. The molecule has 0 fully saturated rings. The molecular formula is C24H16N2O2S3. The lowest BCUT2D eigenvalue weighted by Crippen LogP contribution is -2.30. The van der Waals surface area contributed by atoms with E-state index >= 15 is 0 Å². The third-order valence-corrected chi connectivity index (χ3v) is 7.94. The SMILES string of the molecule is O=C1N=C(SCC(=O)N2c3ccccc3Sc3ccccc32)S/C1=C\c1ccccc1. The number of hydrogen-bond donors (Lipinski definition) is 0. The monoisotopic (exact) mass is 460 g/mol. The minimum atomic E-state index is -0.256. The number of carbonyl (C=O) groups is 2. The van der Waals surface area contributed by atoms with Crippen molar-refractivity contribution in [3.8, 4) is 0 Å². The van der Waals surface area contributed by atoms with Gasteiger partial charge in [0.15, 0.2) is 0 Å². The van der Waals surface area contributed by atoms with Gasteiger partial charge in [-0.05, 0) is 35.9 Å². The fourth-order valence-electron chi connectivity index (χ4n) is 3.31. The Hall–Kier alpha value is -2.74. The molecule has 152 valence electrons. The van der Waals surface area contributed by atoms with E-state index in [2.05, 4.69) is 4.99 Å². The Balaban J connectivity index is 1.32. The van der Waals surface area contributed by atoms with Gasteiger partial charge in [0, 0.05) is 9.79 Å². The zero-order valence-electron chi connectivity index (χ0n) is 16.2. The maximum atomic E-state index is 13.3. The number of thioether (sulfide) groups is 2. The van der Waals surface area contributed by atoms with E-state index in [1.807, 2.05) is 84.9 Å². The first kappa shape index (κ1) is 20.2. The highest BCUT2D eigenvalue weighted by Crippen LogP contribution is 2.48. The molecule has 0 unspecified atom stereocenters. The molecule has 0 saturated heterocycles. The number of fused-ring (bicyclic) bond motifs is 2. The molecule has 3 aromatic carbocycles. The lowest BCUT2D eigenvalue weighted by atomic mass is 10.2. The van der Waals surface area contributed by atoms with E-state index in [1.54, 1.807) is 16.7 Å². The van der Waals surface area contributed by atoms with Crippen LogP contribution in [0, 0.1) is 0 Å². The molecule has 0 atom stereocenters. The van der Waals surface area contributed by atoms with Crippen molar-refractivity contribution in [3.63, 3.8) is 0 Å². The molecule has 0 saturated carbocycles. The van der Waals surface area contributed by atoms with Crippen molar-refractivity contribution in [1.82, 2.24) is 0 Å². The molecule has 0 N–H and O–H groups in total. The molecule has 2 aliphatic rings. The van der Waals surface area contributed by atoms with Crippen LogP contribution in [0.25, 0.3) is 6.08 Å². The van der Waals surface area contributed by atoms with Gasteiger partial charge in [0.25, 0.3) is 5.91 Å². The maximum Gasteiger partial charge on any atom is 0.285 e. The summed E-state index contributed by atoms with van der Waals surface area (Å²) in [6.07, 6.45) is 1.83. The third-order valence-electron chi connectivity index (χ3n) is 4.70. The second kappa shape index (κ2) is 8.78. The van der Waals surface area contributed by atoms with Gasteiger partial charge >= 0.3 is 0 Å². The molecule has 2 heterocycles. The van der Waals surface area contributed by atoms with Crippen molar-refractivity contribution in [2.24, 2.45) is 4.99 Å². The van der Waals surface area contributed by atoms with Crippen molar-refractivity contribution in [2.75, 3.05) is 10.7 Å². The van der Waals surface area contributed by atoms with E-state index in [4.69, 9.17) is 0 Å². The molecule has 5 rings (SSSR count). The topological polar surface area (TPSA) is 49.7 Å². The minimum Gasteiger partial charge on any atom is -0.278 e. The standard InChI is InChI=1S/C24H16N2O2S3/c27-22(15-29-24-25-23(28)21(31-24)14-16-8-2-1-3-9-16)26-17-10-4-6-12-19(17)30-20-13-7-5-11-18(20)26/h1-14H,15H2/b21-14-. The first-order valence-corrected chi connectivity index (χ1v) is 12.2. The molecule has 31 heavy (non-hydrogen) atoms. The van der Waals surface area contributed by atoms with E-state index in [0.29, 0.717) is 9.28 Å². The zero-order valence-corrected chi connectivity index (χ0v) is 18.7. The Labute approximate surface area is 192 Å². The molecule has 2 aliphatic heterocycles. The van der Waals surface area contributed by atoms with Crippen LogP contribution in [0.2, 0.25) is 0 Å². The number of amides is 2. The summed E-state index contributed by atoms with van der Waals surface area (Å²) in [7, 11) is 0. The van der Waals surface area contributed by atoms with Crippen molar-refractivity contribution >= 4 is 68.9 Å². The molecule has 0 aromatic heterocycles. The fraction of sp³-hybridized carbons (Fsp3) is 0.0417. The van der Waals surface area contributed by atoms with Crippen molar-refractivity contribution in [2.45, 2.75) is 9.79 Å². The van der Waals surface area contributed by atoms with Crippen LogP contribution >= 0.6 is 35.3 Å². The van der Waals surface area contributed by atoms with Crippen LogP contribution in [0.5, 0.6) is 0 Å². The normalized spacial score (nSPS) is 16.1. The van der Waals surface area contributed by atoms with E-state index in [-0.39, 0.29) is 17.6 Å². The number of nitrogens with zero attached hydrogens (tertiary/aromatic N) is 2. The second-order valence-corrected chi connectivity index (χ2v) is 10.1. The van der Waals surface area contributed by atoms with Crippen LogP contribution in [0.15, 0.2) is 98.6 Å². The minimum absolute atomic E-state index is 0.0403. The predicted molar refractivity (Wildman–Crippen MR) is 131 cm³/mol. The first-order valence-electron chi connectivity index (χ1n) is 9.58. The number of rotatable bonds is 3. The first-order chi connectivity index (χ1) is 15.2. The van der Waals surface area contributed by atoms with Crippen molar-refractivity contribution < 1.29 is 9.59 Å². The Morgan fingerprint density at radius 1 is 0.871 bits per heavy atom. The van der Waals surface area contributed by atoms with E-state index < -0.39 is 0 Å². The van der Waals surface area contributed by atoms with Crippen LogP contribution < -0.4 is 4.90 Å². The van der Waals surface area contributed by atoms with Gasteiger partial charge < -0.3 is 0 Å². The van der Waals surface area contributed by atoms with Gasteiger partial charge in [-0.3, -0.25) is 14.5 Å². The average Bonchev–Trinajstić information content (AvgIpc) is 3.15. The van der Waals surface area contributed by atoms with Gasteiger partial charge in [-0.1, -0.05) is 89.9 Å². The third kappa shape index (κ3) is 4.21. The predicted octanol–water partition coefficient (Wildman–Crippen LogP) is 6.22. The molecule has 2 amide bonds. The summed E-state index contributed by atoms with van der Waals surface area (Å²) in [5.41, 5.74) is 2.73. The smallest absolute Gasteiger partial charge is 0.278 e. The van der Waals surface area contributed by atoms with E-state index in [1.165, 1.54) is 23.5 Å². The van der Waals surface area contributed by atoms with Gasteiger partial charge in [0.05, 0.1) is 22.0 Å². The van der Waals surface area contributed by atoms with Crippen molar-refractivity contribution in [3.05, 3.63) is 89.3 Å². The van der Waals surface area contributed by atoms with E-state index in [0.717, 1.165) is 26.7 Å². The molecule has 0 radical (unpaired) electrons. The average molecular weight is 461 g/mol. The highest BCUT2D eigenvalue weighted by molar-refractivity contribution is 8.41. The van der Waals surface area contributed by atoms with Gasteiger partial charge in [-0.2, -0.15) is 4.99 Å². The van der Waals surface area contributed by atoms with Crippen LogP contribution in [-0.4, -0.2) is 21.9 Å². The van der Waals surface area contributed by atoms with E-state index in [9.17, 15) is 9.59 Å². The lowest BCUT2D eigenvalue weighted by Gasteiger charge is -2.30. The van der Waals surface area contributed by atoms with Crippen LogP contribution in [0.4, 0.5) is 11.4 Å². The molecule has 0 bridgehead atoms. The molecule has 7 heteroatoms. The van der Waals surface area contributed by atoms with Gasteiger partial charge in [0.1, 0.15) is 4.38 Å². The Morgan fingerprint density at radius 2 is 1.48 bits per heavy atom. The summed E-state index contributed by atoms with van der Waals surface area (Å²) in [5, 5.41) is 0. The molecule has 4 nitrogen and oxygen atoms in total. The summed E-state index contributed by atoms with van der Waals surface area (Å²) < 4.78 is 0.605. The summed E-state index contributed by atoms with van der Waals surface area (Å²) >= 11 is 4.30. The van der Waals surface area contributed by atoms with Crippen LogP contribution in [-0.2, 0) is 9.59 Å². The van der Waals surface area contributed by atoms with Crippen molar-refractivity contribution in [1.29, 1.82) is 0 Å². The van der Waals surface area contributed by atoms with Crippen LogP contribution in [0.3, 0.4) is 0 Å². The maximum absolute atomic E-state index is 13.3. The van der Waals surface area contributed by atoms with Gasteiger partial charge in [-0.15, -0.1) is 0 Å². The molecule has 3 aromatic rings. The number of aliphatic imine (C=N–C) groups is 1. The second-order valence-electron chi connectivity index (χ2n) is 6.76. The Kier molecular flexibility index (Phi) is 5.72. The quantitative estimate of drug-likeness (QED) is 0.434. The Morgan fingerprint density at radius 3 is 2.16 bits per heavy atom. The zero-order chi connectivity index (χ0) is 21.2. The lowest BCUT2D eigenvalue weighted by molar-refractivity contribution is -0.115. The number of benzene rings is 3. The van der Waals surface area contributed by atoms with Gasteiger partial charge in [-0.25, -0.2) is 0 Å². The summed E-state index contributed by atoms with van der Waals surface area (Å²) in [4.78, 5) is 34.1. The molecule has 0 spiro atoms.